The molecule has 0 radical (unpaired) electrons. The van der Waals surface area contributed by atoms with E-state index in [2.05, 4.69) is 9.97 Å². The van der Waals surface area contributed by atoms with Crippen molar-refractivity contribution in [3.8, 4) is 5.75 Å². The third-order valence-corrected chi connectivity index (χ3v) is 4.37. The normalized spacial score (nSPS) is 11.7. The molecule has 0 aliphatic heterocycles. The van der Waals surface area contributed by atoms with Crippen molar-refractivity contribution in [2.75, 3.05) is 0 Å². The summed E-state index contributed by atoms with van der Waals surface area (Å²) in [6.45, 7) is 0. The number of ether oxygens (including phenoxy) is 1. The first-order valence-corrected chi connectivity index (χ1v) is 8.79. The average molecular weight is 381 g/mol. The van der Waals surface area contributed by atoms with E-state index in [1.807, 2.05) is 72.8 Å². The molecule has 4 rings (SSSR count). The van der Waals surface area contributed by atoms with Gasteiger partial charge in [-0.15, -0.1) is 0 Å². The van der Waals surface area contributed by atoms with E-state index in [1.54, 1.807) is 6.07 Å². The highest BCUT2D eigenvalue weighted by Crippen LogP contribution is 2.29. The molecule has 128 valence electrons. The summed E-state index contributed by atoms with van der Waals surface area (Å²) in [5.74, 6) is 1.73. The molecular formula is C21H14Cl2N2O. The smallest absolute Gasteiger partial charge is 0.174 e. The average Bonchev–Trinajstić information content (AvgIpc) is 3.07. The predicted molar refractivity (Wildman–Crippen MR) is 107 cm³/mol. The van der Waals surface area contributed by atoms with Gasteiger partial charge >= 0.3 is 0 Å². The Morgan fingerprint density at radius 3 is 2.54 bits per heavy atom. The fourth-order valence-corrected chi connectivity index (χ4v) is 2.98. The maximum Gasteiger partial charge on any atom is 0.174 e. The van der Waals surface area contributed by atoms with Gasteiger partial charge in [-0.05, 0) is 48.0 Å². The van der Waals surface area contributed by atoms with Crippen LogP contribution in [0.3, 0.4) is 0 Å². The zero-order chi connectivity index (χ0) is 17.9. The van der Waals surface area contributed by atoms with Crippen molar-refractivity contribution in [1.29, 1.82) is 0 Å². The van der Waals surface area contributed by atoms with Crippen LogP contribution < -0.4 is 4.74 Å². The number of fused-ring (bicyclic) bond motifs is 1. The molecule has 0 unspecified atom stereocenters. The van der Waals surface area contributed by atoms with E-state index in [4.69, 9.17) is 27.9 Å². The molecule has 5 heteroatoms. The van der Waals surface area contributed by atoms with Gasteiger partial charge in [-0.1, -0.05) is 59.6 Å². The summed E-state index contributed by atoms with van der Waals surface area (Å²) in [6.07, 6.45) is 1.88. The number of hydrogen-bond acceptors (Lipinski definition) is 2. The summed E-state index contributed by atoms with van der Waals surface area (Å²) in [6, 6.07) is 22.7. The summed E-state index contributed by atoms with van der Waals surface area (Å²) in [5, 5.41) is 1.18. The summed E-state index contributed by atoms with van der Waals surface area (Å²) < 4.78 is 6.10. The summed E-state index contributed by atoms with van der Waals surface area (Å²) >= 11 is 12.4. The highest BCUT2D eigenvalue weighted by molar-refractivity contribution is 6.32. The maximum absolute atomic E-state index is 6.26. The van der Waals surface area contributed by atoms with E-state index in [0.29, 0.717) is 27.4 Å². The number of aromatic nitrogens is 2. The highest BCUT2D eigenvalue weighted by Gasteiger charge is 2.12. The molecule has 0 aliphatic rings. The minimum absolute atomic E-state index is 0.528. The lowest BCUT2D eigenvalue weighted by Gasteiger charge is -2.10. The number of H-pyrrole nitrogens is 1. The van der Waals surface area contributed by atoms with E-state index < -0.39 is 0 Å². The van der Waals surface area contributed by atoms with Crippen molar-refractivity contribution in [3.63, 3.8) is 0 Å². The first-order valence-electron chi connectivity index (χ1n) is 8.04. The molecule has 0 amide bonds. The van der Waals surface area contributed by atoms with Gasteiger partial charge in [0, 0.05) is 5.02 Å². The lowest BCUT2D eigenvalue weighted by atomic mass is 10.2. The molecular weight excluding hydrogens is 367 g/mol. The zero-order valence-electron chi connectivity index (χ0n) is 13.6. The van der Waals surface area contributed by atoms with Crippen molar-refractivity contribution in [1.82, 2.24) is 9.97 Å². The van der Waals surface area contributed by atoms with Crippen LogP contribution in [0.4, 0.5) is 0 Å². The Morgan fingerprint density at radius 2 is 1.73 bits per heavy atom. The monoisotopic (exact) mass is 380 g/mol. The lowest BCUT2D eigenvalue weighted by Crippen LogP contribution is -1.98. The molecule has 1 heterocycles. The Kier molecular flexibility index (Phi) is 4.65. The minimum atomic E-state index is 0.528. The van der Waals surface area contributed by atoms with Crippen molar-refractivity contribution >= 4 is 46.1 Å². The molecule has 0 atom stereocenters. The number of nitrogens with zero attached hydrogens (tertiary/aromatic N) is 1. The lowest BCUT2D eigenvalue weighted by molar-refractivity contribution is 0.513. The van der Waals surface area contributed by atoms with Crippen LogP contribution in [0.25, 0.3) is 22.9 Å². The Labute approximate surface area is 160 Å². The minimum Gasteiger partial charge on any atom is -0.452 e. The first kappa shape index (κ1) is 16.7. The molecule has 26 heavy (non-hydrogen) atoms. The van der Waals surface area contributed by atoms with Crippen LogP contribution in [0.15, 0.2) is 72.8 Å². The van der Waals surface area contributed by atoms with Crippen LogP contribution in [-0.4, -0.2) is 9.97 Å². The third-order valence-electron chi connectivity index (χ3n) is 3.83. The summed E-state index contributed by atoms with van der Waals surface area (Å²) in [5.41, 5.74) is 2.70. The Morgan fingerprint density at radius 1 is 0.923 bits per heavy atom. The molecule has 4 aromatic rings. The number of hydrogen-bond donors (Lipinski definition) is 1. The summed E-state index contributed by atoms with van der Waals surface area (Å²) in [4.78, 5) is 7.92. The number of imidazole rings is 1. The number of rotatable bonds is 4. The fourth-order valence-electron chi connectivity index (χ4n) is 2.61. The SMILES string of the molecule is Clc1cccc(/C=C(/Oc2ccccc2Cl)c2nc3ccccc3[nH]2)c1. The van der Waals surface area contributed by atoms with Gasteiger partial charge in [-0.2, -0.15) is 0 Å². The predicted octanol–water partition coefficient (Wildman–Crippen LogP) is 6.45. The molecule has 3 aromatic carbocycles. The molecule has 0 bridgehead atoms. The second-order valence-corrected chi connectivity index (χ2v) is 6.54. The van der Waals surface area contributed by atoms with Crippen LogP contribution in [0.2, 0.25) is 10.0 Å². The van der Waals surface area contributed by atoms with Crippen LogP contribution in [0, 0.1) is 0 Å². The van der Waals surface area contributed by atoms with E-state index >= 15 is 0 Å². The summed E-state index contributed by atoms with van der Waals surface area (Å²) in [7, 11) is 0. The van der Waals surface area contributed by atoms with Gasteiger partial charge in [0.2, 0.25) is 0 Å². The van der Waals surface area contributed by atoms with E-state index in [0.717, 1.165) is 16.6 Å². The second kappa shape index (κ2) is 7.24. The Balaban J connectivity index is 1.81. The molecule has 0 aliphatic carbocycles. The molecule has 0 fully saturated rings. The van der Waals surface area contributed by atoms with Crippen LogP contribution in [0.5, 0.6) is 5.75 Å². The van der Waals surface area contributed by atoms with Gasteiger partial charge in [-0.25, -0.2) is 4.98 Å². The van der Waals surface area contributed by atoms with Crippen molar-refractivity contribution in [2.45, 2.75) is 0 Å². The first-order chi connectivity index (χ1) is 12.7. The zero-order valence-corrected chi connectivity index (χ0v) is 15.1. The standard InChI is InChI=1S/C21H14Cl2N2O/c22-15-7-5-6-14(12-15)13-20(26-19-11-4-1-8-16(19)23)21-24-17-9-2-3-10-18(17)25-21/h1-13H,(H,24,25)/b20-13+. The van der Waals surface area contributed by atoms with Gasteiger partial charge in [0.25, 0.3) is 0 Å². The molecule has 3 nitrogen and oxygen atoms in total. The molecule has 1 aromatic heterocycles. The van der Waals surface area contributed by atoms with Gasteiger partial charge in [0.15, 0.2) is 11.6 Å². The number of benzene rings is 3. The third kappa shape index (κ3) is 3.59. The van der Waals surface area contributed by atoms with E-state index in [9.17, 15) is 0 Å². The maximum atomic E-state index is 6.26. The highest BCUT2D eigenvalue weighted by atomic mass is 35.5. The Bertz CT molecular complexity index is 1070. The topological polar surface area (TPSA) is 37.9 Å². The number of para-hydroxylation sites is 3. The number of halogens is 2. The molecule has 1 N–H and O–H groups in total. The van der Waals surface area contributed by atoms with Gasteiger partial charge in [-0.3, -0.25) is 0 Å². The Hall–Kier alpha value is -2.75. The van der Waals surface area contributed by atoms with Crippen LogP contribution >= 0.6 is 23.2 Å². The van der Waals surface area contributed by atoms with Crippen LogP contribution in [-0.2, 0) is 0 Å². The second-order valence-electron chi connectivity index (χ2n) is 5.70. The largest absolute Gasteiger partial charge is 0.452 e. The van der Waals surface area contributed by atoms with Crippen molar-refractivity contribution in [3.05, 3.63) is 94.2 Å². The molecule has 0 saturated heterocycles. The quantitative estimate of drug-likeness (QED) is 0.413. The van der Waals surface area contributed by atoms with E-state index in [1.165, 1.54) is 0 Å². The van der Waals surface area contributed by atoms with E-state index in [-0.39, 0.29) is 0 Å². The van der Waals surface area contributed by atoms with Crippen LogP contribution in [0.1, 0.15) is 11.4 Å². The fraction of sp³-hybridized carbons (Fsp3) is 0. The van der Waals surface area contributed by atoms with Crippen molar-refractivity contribution < 1.29 is 4.74 Å². The number of aromatic amines is 1. The van der Waals surface area contributed by atoms with Gasteiger partial charge in [0.1, 0.15) is 5.75 Å². The molecule has 0 saturated carbocycles. The van der Waals surface area contributed by atoms with Gasteiger partial charge in [0.05, 0.1) is 16.1 Å². The van der Waals surface area contributed by atoms with Crippen molar-refractivity contribution in [2.24, 2.45) is 0 Å². The van der Waals surface area contributed by atoms with Gasteiger partial charge < -0.3 is 9.72 Å². The number of nitrogens with one attached hydrogen (secondary N) is 1. The molecule has 0 spiro atoms.